The average Bonchev–Trinajstić information content (AvgIpc) is 2.24. The van der Waals surface area contributed by atoms with Gasteiger partial charge in [0.05, 0.1) is 11.5 Å². The number of benzene rings is 1. The molecule has 0 saturated heterocycles. The lowest BCUT2D eigenvalue weighted by atomic mass is 10.2. The zero-order valence-corrected chi connectivity index (χ0v) is 9.77. The molecule has 0 unspecified atom stereocenters. The molecule has 3 N–H and O–H groups in total. The molecule has 8 heteroatoms. The van der Waals surface area contributed by atoms with Gasteiger partial charge in [-0.2, -0.15) is 0 Å². The van der Waals surface area contributed by atoms with Crippen LogP contribution in [-0.4, -0.2) is 23.8 Å². The van der Waals surface area contributed by atoms with Crippen LogP contribution in [0.15, 0.2) is 24.3 Å². The number of nitrogens with one attached hydrogen (secondary N) is 1. The van der Waals surface area contributed by atoms with Crippen LogP contribution in [-0.2, 0) is 0 Å². The van der Waals surface area contributed by atoms with Crippen LogP contribution in [0.5, 0.6) is 5.75 Å². The molecule has 1 rings (SSSR count). The van der Waals surface area contributed by atoms with Gasteiger partial charge in [-0.05, 0) is 24.3 Å². The Morgan fingerprint density at radius 2 is 1.89 bits per heavy atom. The smallest absolute Gasteiger partial charge is 0.406 e. The second kappa shape index (κ2) is 5.67. The van der Waals surface area contributed by atoms with Crippen molar-refractivity contribution in [3.8, 4) is 5.75 Å². The summed E-state index contributed by atoms with van der Waals surface area (Å²) in [5.41, 5.74) is 5.37. The molecular formula is C10H9F3N2O2S. The number of carbonyl (C=O) groups excluding carboxylic acids is 1. The predicted octanol–water partition coefficient (Wildman–Crippen LogP) is 1.60. The minimum absolute atomic E-state index is 0.0228. The summed E-state index contributed by atoms with van der Waals surface area (Å²) in [7, 11) is 0. The van der Waals surface area contributed by atoms with Crippen LogP contribution in [0.2, 0.25) is 0 Å². The third-order valence-electron chi connectivity index (χ3n) is 1.77. The highest BCUT2D eigenvalue weighted by Crippen LogP contribution is 2.22. The molecule has 0 aromatic heterocycles. The standard InChI is InChI=1S/C10H9F3N2O2S/c11-10(12,13)17-7-3-1-6(2-4-7)9(16)15-5-8(14)18/h1-4H,5H2,(H2,14,18)(H,15,16). The number of amides is 1. The van der Waals surface area contributed by atoms with E-state index in [1.807, 2.05) is 0 Å². The molecule has 18 heavy (non-hydrogen) atoms. The minimum atomic E-state index is -4.75. The van der Waals surface area contributed by atoms with Crippen molar-refractivity contribution in [1.29, 1.82) is 0 Å². The first-order chi connectivity index (χ1) is 8.28. The molecule has 4 nitrogen and oxygen atoms in total. The lowest BCUT2D eigenvalue weighted by Crippen LogP contribution is -2.32. The van der Waals surface area contributed by atoms with Crippen molar-refractivity contribution in [3.05, 3.63) is 29.8 Å². The fraction of sp³-hybridized carbons (Fsp3) is 0.200. The number of ether oxygens (including phenoxy) is 1. The Balaban J connectivity index is 2.65. The average molecular weight is 278 g/mol. The van der Waals surface area contributed by atoms with E-state index >= 15 is 0 Å². The van der Waals surface area contributed by atoms with Crippen molar-refractivity contribution < 1.29 is 22.7 Å². The van der Waals surface area contributed by atoms with Crippen molar-refractivity contribution >= 4 is 23.1 Å². The van der Waals surface area contributed by atoms with E-state index in [0.29, 0.717) is 0 Å². The highest BCUT2D eigenvalue weighted by atomic mass is 32.1. The Hall–Kier alpha value is -1.83. The van der Waals surface area contributed by atoms with Crippen LogP contribution in [0.25, 0.3) is 0 Å². The predicted molar refractivity (Wildman–Crippen MR) is 62.2 cm³/mol. The van der Waals surface area contributed by atoms with E-state index < -0.39 is 18.0 Å². The molecule has 0 heterocycles. The van der Waals surface area contributed by atoms with E-state index in [9.17, 15) is 18.0 Å². The van der Waals surface area contributed by atoms with Gasteiger partial charge in [0.15, 0.2) is 0 Å². The molecule has 1 aromatic rings. The largest absolute Gasteiger partial charge is 0.573 e. The number of carbonyl (C=O) groups is 1. The summed E-state index contributed by atoms with van der Waals surface area (Å²) < 4.78 is 39.3. The fourth-order valence-electron chi connectivity index (χ4n) is 1.08. The van der Waals surface area contributed by atoms with Crippen molar-refractivity contribution in [3.63, 3.8) is 0 Å². The van der Waals surface area contributed by atoms with Crippen LogP contribution in [0.4, 0.5) is 13.2 Å². The van der Waals surface area contributed by atoms with Gasteiger partial charge in [0.2, 0.25) is 0 Å². The molecular weight excluding hydrogens is 269 g/mol. The molecule has 0 atom stereocenters. The van der Waals surface area contributed by atoms with Gasteiger partial charge in [-0.25, -0.2) is 0 Å². The first kappa shape index (κ1) is 14.2. The minimum Gasteiger partial charge on any atom is -0.406 e. The Morgan fingerprint density at radius 3 is 2.33 bits per heavy atom. The van der Waals surface area contributed by atoms with Gasteiger partial charge in [0.1, 0.15) is 5.75 Å². The summed E-state index contributed by atoms with van der Waals surface area (Å²) in [5, 5.41) is 2.40. The third kappa shape index (κ3) is 5.00. The third-order valence-corrected chi connectivity index (χ3v) is 1.92. The van der Waals surface area contributed by atoms with Crippen molar-refractivity contribution in [2.45, 2.75) is 6.36 Å². The maximum absolute atomic E-state index is 11.9. The monoisotopic (exact) mass is 278 g/mol. The highest BCUT2D eigenvalue weighted by molar-refractivity contribution is 7.80. The van der Waals surface area contributed by atoms with E-state index in [1.54, 1.807) is 0 Å². The number of thiocarbonyl (C=S) groups is 1. The molecule has 1 aromatic carbocycles. The van der Waals surface area contributed by atoms with Gasteiger partial charge in [-0.3, -0.25) is 4.79 Å². The van der Waals surface area contributed by atoms with Crippen LogP contribution in [0.1, 0.15) is 10.4 Å². The molecule has 0 bridgehead atoms. The fourth-order valence-corrected chi connectivity index (χ4v) is 1.15. The van der Waals surface area contributed by atoms with Gasteiger partial charge in [0.25, 0.3) is 5.91 Å². The molecule has 1 amide bonds. The quantitative estimate of drug-likeness (QED) is 0.821. The van der Waals surface area contributed by atoms with Gasteiger partial charge in [0, 0.05) is 5.56 Å². The molecule has 0 aliphatic rings. The number of rotatable bonds is 4. The van der Waals surface area contributed by atoms with Crippen molar-refractivity contribution in [2.75, 3.05) is 6.54 Å². The summed E-state index contributed by atoms with van der Waals surface area (Å²) in [6, 6.07) is 4.50. The first-order valence-electron chi connectivity index (χ1n) is 4.70. The summed E-state index contributed by atoms with van der Waals surface area (Å²) in [5.74, 6) is -0.880. The van der Waals surface area contributed by atoms with Crippen LogP contribution in [0.3, 0.4) is 0 Å². The Morgan fingerprint density at radius 1 is 1.33 bits per heavy atom. The van der Waals surface area contributed by atoms with Gasteiger partial charge >= 0.3 is 6.36 Å². The van der Waals surface area contributed by atoms with Gasteiger partial charge in [-0.15, -0.1) is 13.2 Å². The van der Waals surface area contributed by atoms with Gasteiger partial charge in [-0.1, -0.05) is 12.2 Å². The maximum atomic E-state index is 11.9. The normalized spacial score (nSPS) is 10.8. The van der Waals surface area contributed by atoms with Gasteiger partial charge < -0.3 is 15.8 Å². The molecule has 0 aliphatic carbocycles. The van der Waals surface area contributed by atoms with E-state index in [1.165, 1.54) is 12.1 Å². The number of hydrogen-bond donors (Lipinski definition) is 2. The number of hydrogen-bond acceptors (Lipinski definition) is 3. The maximum Gasteiger partial charge on any atom is 0.573 e. The van der Waals surface area contributed by atoms with Crippen LogP contribution in [0, 0.1) is 0 Å². The molecule has 0 spiro atoms. The van der Waals surface area contributed by atoms with E-state index in [4.69, 9.17) is 5.73 Å². The van der Waals surface area contributed by atoms with Crippen LogP contribution < -0.4 is 15.8 Å². The molecule has 0 saturated carbocycles. The zero-order chi connectivity index (χ0) is 13.8. The highest BCUT2D eigenvalue weighted by Gasteiger charge is 2.31. The lowest BCUT2D eigenvalue weighted by Gasteiger charge is -2.09. The topological polar surface area (TPSA) is 64.3 Å². The van der Waals surface area contributed by atoms with Crippen molar-refractivity contribution in [2.24, 2.45) is 5.73 Å². The second-order valence-electron chi connectivity index (χ2n) is 3.22. The molecule has 0 fully saturated rings. The number of halogens is 3. The first-order valence-corrected chi connectivity index (χ1v) is 5.11. The summed E-state index contributed by atoms with van der Waals surface area (Å²) in [4.78, 5) is 11.6. The van der Waals surface area contributed by atoms with E-state index in [0.717, 1.165) is 12.1 Å². The summed E-state index contributed by atoms with van der Waals surface area (Å²) in [6.07, 6.45) is -4.75. The molecule has 0 radical (unpaired) electrons. The SMILES string of the molecule is NC(=S)CNC(=O)c1ccc(OC(F)(F)F)cc1. The number of alkyl halides is 3. The zero-order valence-electron chi connectivity index (χ0n) is 8.95. The Bertz CT molecular complexity index is 445. The second-order valence-corrected chi connectivity index (χ2v) is 3.75. The van der Waals surface area contributed by atoms with E-state index in [2.05, 4.69) is 22.3 Å². The van der Waals surface area contributed by atoms with Crippen LogP contribution >= 0.6 is 12.2 Å². The summed E-state index contributed by atoms with van der Waals surface area (Å²) in [6.45, 7) is 0.0228. The van der Waals surface area contributed by atoms with E-state index in [-0.39, 0.29) is 17.1 Å². The lowest BCUT2D eigenvalue weighted by molar-refractivity contribution is -0.274. The summed E-state index contributed by atoms with van der Waals surface area (Å²) >= 11 is 4.56. The number of nitrogens with two attached hydrogens (primary N) is 1. The van der Waals surface area contributed by atoms with Crippen molar-refractivity contribution in [1.82, 2.24) is 5.32 Å². The Kier molecular flexibility index (Phi) is 4.49. The molecule has 0 aliphatic heterocycles. The molecule has 98 valence electrons. The Labute approximate surface area is 106 Å².